The molecule has 1 saturated heterocycles. The molecule has 7 nitrogen and oxygen atoms in total. The van der Waals surface area contributed by atoms with Gasteiger partial charge in [0.25, 0.3) is 11.6 Å². The number of benzene rings is 2. The molecule has 0 radical (unpaired) electrons. The van der Waals surface area contributed by atoms with E-state index in [1.54, 1.807) is 11.3 Å². The summed E-state index contributed by atoms with van der Waals surface area (Å²) in [5.74, 6) is 0.333. The molecule has 1 aliphatic heterocycles. The van der Waals surface area contributed by atoms with Gasteiger partial charge in [0.05, 0.1) is 21.2 Å². The summed E-state index contributed by atoms with van der Waals surface area (Å²) in [6.07, 6.45) is 1.83. The third-order valence-corrected chi connectivity index (χ3v) is 5.72. The fraction of sp³-hybridized carbons (Fsp3) is 0.263. The summed E-state index contributed by atoms with van der Waals surface area (Å²) in [6.45, 7) is 0.586. The Hall–Kier alpha value is -3.00. The second-order valence-electron chi connectivity index (χ2n) is 6.30. The molecule has 8 heteroatoms. The summed E-state index contributed by atoms with van der Waals surface area (Å²) in [4.78, 5) is 29.4. The number of non-ortho nitro benzene ring substituents is 1. The van der Waals surface area contributed by atoms with E-state index in [2.05, 4.69) is 0 Å². The number of likely N-dealkylation sites (tertiary alicyclic amines) is 1. The van der Waals surface area contributed by atoms with Gasteiger partial charge in [-0.3, -0.25) is 14.9 Å². The number of rotatable bonds is 5. The predicted octanol–water partition coefficient (Wildman–Crippen LogP) is 3.95. The Kier molecular flexibility index (Phi) is 4.72. The molecular formula is C19H17N3O4S. The average molecular weight is 383 g/mol. The third kappa shape index (κ3) is 3.61. The van der Waals surface area contributed by atoms with Crippen molar-refractivity contribution in [3.63, 3.8) is 0 Å². The maximum absolute atomic E-state index is 12.7. The van der Waals surface area contributed by atoms with Crippen LogP contribution in [0.25, 0.3) is 10.2 Å². The number of hydrogen-bond acceptors (Lipinski definition) is 6. The first-order valence-electron chi connectivity index (χ1n) is 8.64. The minimum atomic E-state index is -0.470. The molecule has 0 bridgehead atoms. The van der Waals surface area contributed by atoms with Gasteiger partial charge in [0.2, 0.25) is 0 Å². The van der Waals surface area contributed by atoms with Crippen molar-refractivity contribution in [1.82, 2.24) is 9.88 Å². The van der Waals surface area contributed by atoms with Gasteiger partial charge < -0.3 is 9.64 Å². The van der Waals surface area contributed by atoms with E-state index in [1.807, 2.05) is 29.2 Å². The molecule has 1 aliphatic rings. The van der Waals surface area contributed by atoms with E-state index in [9.17, 15) is 14.9 Å². The summed E-state index contributed by atoms with van der Waals surface area (Å²) in [6, 6.07) is 13.7. The summed E-state index contributed by atoms with van der Waals surface area (Å²) >= 11 is 1.62. The van der Waals surface area contributed by atoms with Gasteiger partial charge in [-0.05, 0) is 37.1 Å². The summed E-state index contributed by atoms with van der Waals surface area (Å²) in [5, 5.41) is 11.6. The van der Waals surface area contributed by atoms with Crippen molar-refractivity contribution >= 4 is 33.1 Å². The number of nitro groups is 1. The number of fused-ring (bicyclic) bond motifs is 1. The Balaban J connectivity index is 1.43. The van der Waals surface area contributed by atoms with Crippen molar-refractivity contribution < 1.29 is 14.5 Å². The largest absolute Gasteiger partial charge is 0.484 e. The Morgan fingerprint density at radius 1 is 1.26 bits per heavy atom. The lowest BCUT2D eigenvalue weighted by atomic mass is 10.2. The van der Waals surface area contributed by atoms with Crippen LogP contribution < -0.4 is 4.74 Å². The normalized spacial score (nSPS) is 16.6. The van der Waals surface area contributed by atoms with Crippen molar-refractivity contribution in [3.8, 4) is 5.75 Å². The summed E-state index contributed by atoms with van der Waals surface area (Å²) < 4.78 is 6.65. The van der Waals surface area contributed by atoms with E-state index in [-0.39, 0.29) is 24.2 Å². The standard InChI is InChI=1S/C19H17N3O4S/c23-18(12-26-14-9-7-13(8-10-14)22(24)25)21-11-3-5-16(21)19-20-15-4-1-2-6-17(15)27-19/h1-2,4,6-10,16H,3,5,11-12H2. The van der Waals surface area contributed by atoms with Gasteiger partial charge in [0, 0.05) is 18.7 Å². The Morgan fingerprint density at radius 3 is 2.78 bits per heavy atom. The van der Waals surface area contributed by atoms with E-state index in [0.717, 1.165) is 28.1 Å². The first kappa shape index (κ1) is 17.4. The number of ether oxygens (including phenoxy) is 1. The molecule has 1 amide bonds. The maximum Gasteiger partial charge on any atom is 0.269 e. The lowest BCUT2D eigenvalue weighted by Crippen LogP contribution is -2.34. The molecule has 1 atom stereocenters. The zero-order chi connectivity index (χ0) is 18.8. The smallest absolute Gasteiger partial charge is 0.269 e. The SMILES string of the molecule is O=C(COc1ccc([N+](=O)[O-])cc1)N1CCCC1c1nc2ccccc2s1. The number of aromatic nitrogens is 1. The number of carbonyl (C=O) groups excluding carboxylic acids is 1. The molecule has 0 N–H and O–H groups in total. The third-order valence-electron chi connectivity index (χ3n) is 4.58. The predicted molar refractivity (Wildman–Crippen MR) is 102 cm³/mol. The summed E-state index contributed by atoms with van der Waals surface area (Å²) in [5.41, 5.74) is 0.947. The Bertz CT molecular complexity index is 953. The molecule has 0 aliphatic carbocycles. The Morgan fingerprint density at radius 2 is 2.04 bits per heavy atom. The van der Waals surface area contributed by atoms with Crippen LogP contribution in [0.1, 0.15) is 23.9 Å². The van der Waals surface area contributed by atoms with E-state index in [1.165, 1.54) is 24.3 Å². The highest BCUT2D eigenvalue weighted by Crippen LogP contribution is 2.36. The number of nitro benzene ring substituents is 1. The number of para-hydroxylation sites is 1. The van der Waals surface area contributed by atoms with Gasteiger partial charge in [-0.15, -0.1) is 11.3 Å². The maximum atomic E-state index is 12.7. The van der Waals surface area contributed by atoms with Crippen molar-refractivity contribution in [2.75, 3.05) is 13.2 Å². The molecule has 3 aromatic rings. The van der Waals surface area contributed by atoms with Crippen LogP contribution in [-0.4, -0.2) is 33.9 Å². The number of nitrogens with zero attached hydrogens (tertiary/aromatic N) is 3. The molecule has 1 fully saturated rings. The minimum Gasteiger partial charge on any atom is -0.484 e. The number of carbonyl (C=O) groups is 1. The van der Waals surface area contributed by atoms with Gasteiger partial charge in [0.15, 0.2) is 6.61 Å². The number of amides is 1. The quantitative estimate of drug-likeness (QED) is 0.492. The molecule has 138 valence electrons. The van der Waals surface area contributed by atoms with Crippen LogP contribution in [0.3, 0.4) is 0 Å². The van der Waals surface area contributed by atoms with Gasteiger partial charge in [-0.25, -0.2) is 4.98 Å². The van der Waals surface area contributed by atoms with Crippen molar-refractivity contribution in [3.05, 3.63) is 63.7 Å². The van der Waals surface area contributed by atoms with Crippen LogP contribution in [0.15, 0.2) is 48.5 Å². The van der Waals surface area contributed by atoms with E-state index in [0.29, 0.717) is 12.3 Å². The number of thiazole rings is 1. The van der Waals surface area contributed by atoms with Crippen LogP contribution in [0.4, 0.5) is 5.69 Å². The van der Waals surface area contributed by atoms with Crippen LogP contribution in [0.5, 0.6) is 5.75 Å². The highest BCUT2D eigenvalue weighted by atomic mass is 32.1. The molecule has 0 saturated carbocycles. The molecule has 4 rings (SSSR count). The summed E-state index contributed by atoms with van der Waals surface area (Å²) in [7, 11) is 0. The fourth-order valence-corrected chi connectivity index (χ4v) is 4.36. The zero-order valence-corrected chi connectivity index (χ0v) is 15.2. The van der Waals surface area contributed by atoms with Gasteiger partial charge in [-0.1, -0.05) is 12.1 Å². The molecule has 27 heavy (non-hydrogen) atoms. The molecule has 2 heterocycles. The lowest BCUT2D eigenvalue weighted by Gasteiger charge is -2.23. The molecule has 1 aromatic heterocycles. The molecule has 0 spiro atoms. The van der Waals surface area contributed by atoms with Crippen LogP contribution in [0.2, 0.25) is 0 Å². The number of hydrogen-bond donors (Lipinski definition) is 0. The second-order valence-corrected chi connectivity index (χ2v) is 7.37. The molecule has 1 unspecified atom stereocenters. The lowest BCUT2D eigenvalue weighted by molar-refractivity contribution is -0.384. The average Bonchev–Trinajstić information content (AvgIpc) is 3.32. The van der Waals surface area contributed by atoms with Crippen molar-refractivity contribution in [2.24, 2.45) is 0 Å². The van der Waals surface area contributed by atoms with Gasteiger partial charge in [0.1, 0.15) is 10.8 Å². The second kappa shape index (κ2) is 7.32. The molecular weight excluding hydrogens is 366 g/mol. The van der Waals surface area contributed by atoms with E-state index < -0.39 is 4.92 Å². The topological polar surface area (TPSA) is 85.6 Å². The van der Waals surface area contributed by atoms with E-state index >= 15 is 0 Å². The van der Waals surface area contributed by atoms with Gasteiger partial charge >= 0.3 is 0 Å². The van der Waals surface area contributed by atoms with Gasteiger partial charge in [-0.2, -0.15) is 0 Å². The van der Waals surface area contributed by atoms with Crippen molar-refractivity contribution in [2.45, 2.75) is 18.9 Å². The Labute approximate surface area is 159 Å². The van der Waals surface area contributed by atoms with Crippen LogP contribution in [0, 0.1) is 10.1 Å². The molecule has 2 aromatic carbocycles. The van der Waals surface area contributed by atoms with E-state index in [4.69, 9.17) is 9.72 Å². The minimum absolute atomic E-state index is 0.0101. The first-order chi connectivity index (χ1) is 13.1. The monoisotopic (exact) mass is 383 g/mol. The highest BCUT2D eigenvalue weighted by molar-refractivity contribution is 7.18. The zero-order valence-electron chi connectivity index (χ0n) is 14.4. The fourth-order valence-electron chi connectivity index (χ4n) is 3.25. The highest BCUT2D eigenvalue weighted by Gasteiger charge is 2.32. The van der Waals surface area contributed by atoms with Crippen LogP contribution in [-0.2, 0) is 4.79 Å². The van der Waals surface area contributed by atoms with Crippen LogP contribution >= 0.6 is 11.3 Å². The van der Waals surface area contributed by atoms with Crippen molar-refractivity contribution in [1.29, 1.82) is 0 Å². The first-order valence-corrected chi connectivity index (χ1v) is 9.45.